The summed E-state index contributed by atoms with van der Waals surface area (Å²) < 4.78 is 1.57. The van der Waals surface area contributed by atoms with Crippen LogP contribution in [0.15, 0.2) is 36.5 Å². The standard InChI is InChI=1S/C13H14N4O/c18-13(14-11-6-7-11)9-17-8-12(15-16-17)10-4-2-1-3-5-10/h1-5,8,11H,6-7,9H2,(H,14,18). The van der Waals surface area contributed by atoms with Crippen molar-refractivity contribution >= 4 is 5.91 Å². The molecule has 1 saturated carbocycles. The Labute approximate surface area is 105 Å². The number of nitrogens with one attached hydrogen (secondary N) is 1. The summed E-state index contributed by atoms with van der Waals surface area (Å²) in [5.41, 5.74) is 1.79. The van der Waals surface area contributed by atoms with Gasteiger partial charge in [0.05, 0.1) is 6.20 Å². The lowest BCUT2D eigenvalue weighted by molar-refractivity contribution is -0.122. The zero-order chi connectivity index (χ0) is 12.4. The lowest BCUT2D eigenvalue weighted by atomic mass is 10.2. The number of nitrogens with zero attached hydrogens (tertiary/aromatic N) is 3. The van der Waals surface area contributed by atoms with Crippen LogP contribution >= 0.6 is 0 Å². The summed E-state index contributed by atoms with van der Waals surface area (Å²) in [6.07, 6.45) is 3.98. The molecule has 1 aromatic heterocycles. The zero-order valence-corrected chi connectivity index (χ0v) is 9.91. The number of hydrogen-bond acceptors (Lipinski definition) is 3. The minimum Gasteiger partial charge on any atom is -0.352 e. The third-order valence-electron chi connectivity index (χ3n) is 2.86. The van der Waals surface area contributed by atoms with Gasteiger partial charge in [-0.2, -0.15) is 0 Å². The van der Waals surface area contributed by atoms with Gasteiger partial charge in [-0.1, -0.05) is 35.5 Å². The van der Waals surface area contributed by atoms with E-state index in [1.165, 1.54) is 0 Å². The molecule has 1 aliphatic rings. The third kappa shape index (κ3) is 2.56. The first kappa shape index (κ1) is 11.0. The van der Waals surface area contributed by atoms with Gasteiger partial charge < -0.3 is 5.32 Å². The number of amides is 1. The Morgan fingerprint density at radius 2 is 2.11 bits per heavy atom. The molecule has 3 rings (SSSR count). The van der Waals surface area contributed by atoms with E-state index in [1.54, 1.807) is 10.9 Å². The molecule has 0 atom stereocenters. The molecular weight excluding hydrogens is 228 g/mol. The first-order valence-electron chi connectivity index (χ1n) is 6.06. The van der Waals surface area contributed by atoms with Crippen molar-refractivity contribution in [2.45, 2.75) is 25.4 Å². The summed E-state index contributed by atoms with van der Waals surface area (Å²) in [5, 5.41) is 11.0. The third-order valence-corrected chi connectivity index (χ3v) is 2.86. The maximum absolute atomic E-state index is 11.6. The van der Waals surface area contributed by atoms with Crippen LogP contribution in [0.1, 0.15) is 12.8 Å². The molecule has 2 aromatic rings. The molecule has 1 amide bonds. The van der Waals surface area contributed by atoms with E-state index in [0.29, 0.717) is 6.04 Å². The number of carbonyl (C=O) groups excluding carboxylic acids is 1. The summed E-state index contributed by atoms with van der Waals surface area (Å²) in [7, 11) is 0. The molecule has 18 heavy (non-hydrogen) atoms. The quantitative estimate of drug-likeness (QED) is 0.877. The van der Waals surface area contributed by atoms with E-state index < -0.39 is 0 Å². The summed E-state index contributed by atoms with van der Waals surface area (Å²) in [4.78, 5) is 11.6. The lowest BCUT2D eigenvalue weighted by Crippen LogP contribution is -2.29. The predicted octanol–water partition coefficient (Wildman–Crippen LogP) is 1.22. The normalized spacial score (nSPS) is 14.4. The van der Waals surface area contributed by atoms with E-state index in [9.17, 15) is 4.79 Å². The second kappa shape index (κ2) is 4.60. The molecule has 1 fully saturated rings. The van der Waals surface area contributed by atoms with E-state index in [1.807, 2.05) is 30.3 Å². The van der Waals surface area contributed by atoms with Crippen LogP contribution in [0.5, 0.6) is 0 Å². The highest BCUT2D eigenvalue weighted by Crippen LogP contribution is 2.18. The first-order valence-corrected chi connectivity index (χ1v) is 6.06. The van der Waals surface area contributed by atoms with Crippen molar-refractivity contribution in [2.75, 3.05) is 0 Å². The minimum atomic E-state index is 0.00186. The second-order valence-electron chi connectivity index (χ2n) is 4.51. The molecule has 0 aliphatic heterocycles. The zero-order valence-electron chi connectivity index (χ0n) is 9.91. The van der Waals surface area contributed by atoms with Gasteiger partial charge in [-0.15, -0.1) is 5.10 Å². The largest absolute Gasteiger partial charge is 0.352 e. The molecule has 5 nitrogen and oxygen atoms in total. The smallest absolute Gasteiger partial charge is 0.242 e. The van der Waals surface area contributed by atoms with Crippen LogP contribution in [0.4, 0.5) is 0 Å². The molecule has 1 aromatic carbocycles. The molecule has 92 valence electrons. The average Bonchev–Trinajstić information content (AvgIpc) is 3.06. The lowest BCUT2D eigenvalue weighted by Gasteiger charge is -2.01. The van der Waals surface area contributed by atoms with E-state index in [-0.39, 0.29) is 12.5 Å². The number of carbonyl (C=O) groups is 1. The highest BCUT2D eigenvalue weighted by molar-refractivity contribution is 5.76. The Bertz CT molecular complexity index is 545. The Morgan fingerprint density at radius 1 is 1.33 bits per heavy atom. The van der Waals surface area contributed by atoms with Crippen LogP contribution in [0.25, 0.3) is 11.3 Å². The minimum absolute atomic E-state index is 0.00186. The first-order chi connectivity index (χ1) is 8.81. The highest BCUT2D eigenvalue weighted by Gasteiger charge is 2.23. The molecule has 0 bridgehead atoms. The van der Waals surface area contributed by atoms with Gasteiger partial charge >= 0.3 is 0 Å². The molecule has 0 spiro atoms. The van der Waals surface area contributed by atoms with Gasteiger partial charge in [0.15, 0.2) is 0 Å². The average molecular weight is 242 g/mol. The van der Waals surface area contributed by atoms with Gasteiger partial charge in [-0.05, 0) is 12.8 Å². The van der Waals surface area contributed by atoms with Crippen molar-refractivity contribution in [1.29, 1.82) is 0 Å². The topological polar surface area (TPSA) is 59.8 Å². The number of aromatic nitrogens is 3. The van der Waals surface area contributed by atoms with Crippen molar-refractivity contribution in [3.05, 3.63) is 36.5 Å². The van der Waals surface area contributed by atoms with Gasteiger partial charge in [-0.3, -0.25) is 4.79 Å². The molecule has 1 heterocycles. The maximum Gasteiger partial charge on any atom is 0.242 e. The fraction of sp³-hybridized carbons (Fsp3) is 0.308. The molecule has 0 saturated heterocycles. The predicted molar refractivity (Wildman–Crippen MR) is 66.6 cm³/mol. The van der Waals surface area contributed by atoms with E-state index >= 15 is 0 Å². The van der Waals surface area contributed by atoms with Crippen LogP contribution in [0, 0.1) is 0 Å². The van der Waals surface area contributed by atoms with Gasteiger partial charge in [0.2, 0.25) is 5.91 Å². The number of hydrogen-bond donors (Lipinski definition) is 1. The summed E-state index contributed by atoms with van der Waals surface area (Å²) in [6, 6.07) is 10.2. The Balaban J connectivity index is 1.67. The van der Waals surface area contributed by atoms with Crippen molar-refractivity contribution in [1.82, 2.24) is 20.3 Å². The van der Waals surface area contributed by atoms with Crippen molar-refractivity contribution < 1.29 is 4.79 Å². The van der Waals surface area contributed by atoms with E-state index in [4.69, 9.17) is 0 Å². The number of benzene rings is 1. The van der Waals surface area contributed by atoms with Crippen molar-refractivity contribution in [3.8, 4) is 11.3 Å². The summed E-state index contributed by atoms with van der Waals surface area (Å²) in [6.45, 7) is 0.232. The Kier molecular flexibility index (Phi) is 2.80. The fourth-order valence-electron chi connectivity index (χ4n) is 1.76. The van der Waals surface area contributed by atoms with Crippen molar-refractivity contribution in [2.24, 2.45) is 0 Å². The molecule has 1 N–H and O–H groups in total. The molecular formula is C13H14N4O. The second-order valence-corrected chi connectivity index (χ2v) is 4.51. The molecule has 0 unspecified atom stereocenters. The van der Waals surface area contributed by atoms with Gasteiger partial charge in [0.1, 0.15) is 12.2 Å². The van der Waals surface area contributed by atoms with Gasteiger partial charge in [0.25, 0.3) is 0 Å². The monoisotopic (exact) mass is 242 g/mol. The van der Waals surface area contributed by atoms with E-state index in [0.717, 1.165) is 24.1 Å². The van der Waals surface area contributed by atoms with Gasteiger partial charge in [-0.25, -0.2) is 4.68 Å². The maximum atomic E-state index is 11.6. The molecule has 1 aliphatic carbocycles. The Morgan fingerprint density at radius 3 is 2.83 bits per heavy atom. The van der Waals surface area contributed by atoms with Crippen LogP contribution < -0.4 is 5.32 Å². The number of rotatable bonds is 4. The summed E-state index contributed by atoms with van der Waals surface area (Å²) in [5.74, 6) is 0.00186. The highest BCUT2D eigenvalue weighted by atomic mass is 16.2. The SMILES string of the molecule is O=C(Cn1cc(-c2ccccc2)nn1)NC1CC1. The van der Waals surface area contributed by atoms with Crippen LogP contribution in [0.3, 0.4) is 0 Å². The fourth-order valence-corrected chi connectivity index (χ4v) is 1.76. The van der Waals surface area contributed by atoms with Crippen molar-refractivity contribution in [3.63, 3.8) is 0 Å². The van der Waals surface area contributed by atoms with Crippen LogP contribution in [-0.2, 0) is 11.3 Å². The van der Waals surface area contributed by atoms with Crippen LogP contribution in [0.2, 0.25) is 0 Å². The molecule has 0 radical (unpaired) electrons. The van der Waals surface area contributed by atoms with Gasteiger partial charge in [0, 0.05) is 11.6 Å². The Hall–Kier alpha value is -2.17. The summed E-state index contributed by atoms with van der Waals surface area (Å²) >= 11 is 0. The van der Waals surface area contributed by atoms with E-state index in [2.05, 4.69) is 15.6 Å². The van der Waals surface area contributed by atoms with Crippen LogP contribution in [-0.4, -0.2) is 26.9 Å². The molecule has 5 heteroatoms.